The molecule has 1 N–H and O–H groups in total. The summed E-state index contributed by atoms with van der Waals surface area (Å²) in [7, 11) is 0. The first-order chi connectivity index (χ1) is 10.8. The zero-order valence-electron chi connectivity index (χ0n) is 12.1. The van der Waals surface area contributed by atoms with Crippen LogP contribution in [0.4, 0.5) is 5.95 Å². The standard InChI is InChI=1S/C15H15N5OS/c1-22-10-7-5-9(6-8-10)14-13-11(3-2-4-12(13)21)16-15-17-18-19-20(14)15/h5-8,14H,2-4H2,1H3,(H,16,17,19). The summed E-state index contributed by atoms with van der Waals surface area (Å²) < 4.78 is 1.70. The third-order valence-corrected chi connectivity index (χ3v) is 4.90. The number of hydrogen-bond donors (Lipinski definition) is 1. The van der Waals surface area contributed by atoms with Gasteiger partial charge in [0.15, 0.2) is 5.78 Å². The van der Waals surface area contributed by atoms with Crippen LogP contribution in [-0.4, -0.2) is 32.2 Å². The summed E-state index contributed by atoms with van der Waals surface area (Å²) in [5.41, 5.74) is 2.82. The van der Waals surface area contributed by atoms with Crippen LogP contribution in [0.1, 0.15) is 30.9 Å². The van der Waals surface area contributed by atoms with Gasteiger partial charge in [-0.05, 0) is 47.2 Å². The summed E-state index contributed by atoms with van der Waals surface area (Å²) in [5.74, 6) is 0.793. The number of rotatable bonds is 2. The molecule has 2 aromatic rings. The smallest absolute Gasteiger partial charge is 0.248 e. The van der Waals surface area contributed by atoms with E-state index < -0.39 is 0 Å². The summed E-state index contributed by atoms with van der Waals surface area (Å²) >= 11 is 1.70. The predicted molar refractivity (Wildman–Crippen MR) is 83.7 cm³/mol. The van der Waals surface area contributed by atoms with Crippen molar-refractivity contribution in [3.8, 4) is 0 Å². The monoisotopic (exact) mass is 313 g/mol. The number of nitrogens with zero attached hydrogens (tertiary/aromatic N) is 4. The third-order valence-electron chi connectivity index (χ3n) is 4.16. The van der Waals surface area contributed by atoms with Gasteiger partial charge in [-0.25, -0.2) is 0 Å². The van der Waals surface area contributed by atoms with E-state index in [1.807, 2.05) is 6.26 Å². The first-order valence-corrected chi connectivity index (χ1v) is 8.45. The highest BCUT2D eigenvalue weighted by Crippen LogP contribution is 2.39. The van der Waals surface area contributed by atoms with Gasteiger partial charge in [0.2, 0.25) is 5.95 Å². The average Bonchev–Trinajstić information content (AvgIpc) is 3.01. The lowest BCUT2D eigenvalue weighted by Gasteiger charge is -2.31. The van der Waals surface area contributed by atoms with Gasteiger partial charge in [-0.2, -0.15) is 4.68 Å². The topological polar surface area (TPSA) is 72.7 Å². The molecule has 6 nitrogen and oxygen atoms in total. The number of fused-ring (bicyclic) bond motifs is 1. The van der Waals surface area contributed by atoms with E-state index in [1.165, 1.54) is 4.90 Å². The molecular weight excluding hydrogens is 298 g/mol. The molecule has 1 aliphatic carbocycles. The second-order valence-corrected chi connectivity index (χ2v) is 6.30. The lowest BCUT2D eigenvalue weighted by molar-refractivity contribution is -0.116. The van der Waals surface area contributed by atoms with Crippen LogP contribution in [-0.2, 0) is 4.79 Å². The number of hydrogen-bond acceptors (Lipinski definition) is 6. The van der Waals surface area contributed by atoms with Crippen molar-refractivity contribution in [3.63, 3.8) is 0 Å². The van der Waals surface area contributed by atoms with Crippen molar-refractivity contribution in [2.24, 2.45) is 0 Å². The molecule has 22 heavy (non-hydrogen) atoms. The summed E-state index contributed by atoms with van der Waals surface area (Å²) in [6.45, 7) is 0. The molecule has 0 saturated heterocycles. The van der Waals surface area contributed by atoms with Crippen molar-refractivity contribution in [2.75, 3.05) is 11.6 Å². The molecule has 1 atom stereocenters. The minimum atomic E-state index is -0.232. The highest BCUT2D eigenvalue weighted by Gasteiger charge is 2.36. The number of Topliss-reactive ketones (excluding diaryl/α,β-unsaturated/α-hetero) is 1. The summed E-state index contributed by atoms with van der Waals surface area (Å²) in [6.07, 6.45) is 4.39. The Morgan fingerprint density at radius 3 is 2.86 bits per heavy atom. The maximum atomic E-state index is 12.5. The second-order valence-electron chi connectivity index (χ2n) is 5.42. The highest BCUT2D eigenvalue weighted by molar-refractivity contribution is 7.98. The van der Waals surface area contributed by atoms with Gasteiger partial charge in [-0.1, -0.05) is 17.2 Å². The molecule has 0 fully saturated rings. The van der Waals surface area contributed by atoms with E-state index in [4.69, 9.17) is 0 Å². The number of ketones is 1. The molecule has 0 saturated carbocycles. The van der Waals surface area contributed by atoms with Gasteiger partial charge in [0.1, 0.15) is 6.04 Å². The van der Waals surface area contributed by atoms with E-state index in [2.05, 4.69) is 45.1 Å². The number of thioether (sulfide) groups is 1. The molecule has 0 spiro atoms. The molecular formula is C15H15N5OS. The summed E-state index contributed by atoms with van der Waals surface area (Å²) in [4.78, 5) is 13.7. The molecule has 0 amide bonds. The lowest BCUT2D eigenvalue weighted by atomic mass is 9.85. The average molecular weight is 313 g/mol. The van der Waals surface area contributed by atoms with Gasteiger partial charge >= 0.3 is 0 Å². The van der Waals surface area contributed by atoms with Crippen LogP contribution in [0.2, 0.25) is 0 Å². The quantitative estimate of drug-likeness (QED) is 0.858. The first-order valence-electron chi connectivity index (χ1n) is 7.23. The molecule has 2 aliphatic rings. The Morgan fingerprint density at radius 2 is 2.09 bits per heavy atom. The van der Waals surface area contributed by atoms with Crippen LogP contribution in [0.5, 0.6) is 0 Å². The molecule has 112 valence electrons. The van der Waals surface area contributed by atoms with Crippen LogP contribution in [0.15, 0.2) is 40.4 Å². The predicted octanol–water partition coefficient (Wildman–Crippen LogP) is 2.42. The van der Waals surface area contributed by atoms with E-state index in [0.29, 0.717) is 12.4 Å². The van der Waals surface area contributed by atoms with E-state index in [0.717, 1.165) is 29.7 Å². The SMILES string of the molecule is CSc1ccc(C2C3=C(CCCC3=O)Nc3nnnn32)cc1. The maximum Gasteiger partial charge on any atom is 0.248 e. The van der Waals surface area contributed by atoms with Gasteiger partial charge in [-0.3, -0.25) is 4.79 Å². The second kappa shape index (κ2) is 5.24. The van der Waals surface area contributed by atoms with Gasteiger partial charge < -0.3 is 5.32 Å². The van der Waals surface area contributed by atoms with Gasteiger partial charge in [0.25, 0.3) is 0 Å². The fourth-order valence-corrected chi connectivity index (χ4v) is 3.52. The van der Waals surface area contributed by atoms with Crippen molar-refractivity contribution in [3.05, 3.63) is 41.1 Å². The largest absolute Gasteiger partial charge is 0.326 e. The summed E-state index contributed by atoms with van der Waals surface area (Å²) in [6, 6.07) is 8.02. The van der Waals surface area contributed by atoms with Crippen LogP contribution < -0.4 is 5.32 Å². The van der Waals surface area contributed by atoms with E-state index >= 15 is 0 Å². The molecule has 1 aromatic heterocycles. The minimum absolute atomic E-state index is 0.189. The Hall–Kier alpha value is -2.15. The molecule has 0 bridgehead atoms. The number of tetrazole rings is 1. The molecule has 1 aromatic carbocycles. The fraction of sp³-hybridized carbons (Fsp3) is 0.333. The summed E-state index contributed by atoms with van der Waals surface area (Å²) in [5, 5.41) is 15.1. The number of anilines is 1. The number of allylic oxidation sites excluding steroid dienone is 2. The molecule has 0 radical (unpaired) electrons. The van der Waals surface area contributed by atoms with Gasteiger partial charge in [-0.15, -0.1) is 11.8 Å². The highest BCUT2D eigenvalue weighted by atomic mass is 32.2. The number of carbonyl (C=O) groups excluding carboxylic acids is 1. The Bertz CT molecular complexity index is 764. The normalized spacial score (nSPS) is 20.4. The van der Waals surface area contributed by atoms with Crippen LogP contribution in [0.3, 0.4) is 0 Å². The Kier molecular flexibility index (Phi) is 3.22. The van der Waals surface area contributed by atoms with Crippen LogP contribution in [0.25, 0.3) is 0 Å². The maximum absolute atomic E-state index is 12.5. The Morgan fingerprint density at radius 1 is 1.27 bits per heavy atom. The third kappa shape index (κ3) is 2.04. The number of aromatic nitrogens is 4. The van der Waals surface area contributed by atoms with Crippen LogP contribution in [0, 0.1) is 0 Å². The number of carbonyl (C=O) groups is 1. The van der Waals surface area contributed by atoms with Crippen molar-refractivity contribution in [2.45, 2.75) is 30.2 Å². The van der Waals surface area contributed by atoms with Gasteiger partial charge in [0.05, 0.1) is 0 Å². The first kappa shape index (κ1) is 13.5. The van der Waals surface area contributed by atoms with E-state index in [9.17, 15) is 4.79 Å². The number of nitrogens with one attached hydrogen (secondary N) is 1. The molecule has 7 heteroatoms. The van der Waals surface area contributed by atoms with E-state index in [-0.39, 0.29) is 11.8 Å². The molecule has 1 unspecified atom stereocenters. The van der Waals surface area contributed by atoms with Crippen molar-refractivity contribution < 1.29 is 4.79 Å². The number of benzene rings is 1. The van der Waals surface area contributed by atoms with Crippen LogP contribution >= 0.6 is 11.8 Å². The fourth-order valence-electron chi connectivity index (χ4n) is 3.11. The van der Waals surface area contributed by atoms with Crippen molar-refractivity contribution in [1.29, 1.82) is 0 Å². The Balaban J connectivity index is 1.86. The van der Waals surface area contributed by atoms with E-state index in [1.54, 1.807) is 16.4 Å². The molecule has 1 aliphatic heterocycles. The molecule has 2 heterocycles. The zero-order valence-corrected chi connectivity index (χ0v) is 12.9. The minimum Gasteiger partial charge on any atom is -0.326 e. The Labute approximate surface area is 132 Å². The van der Waals surface area contributed by atoms with Gasteiger partial charge in [0, 0.05) is 22.6 Å². The van der Waals surface area contributed by atoms with Crippen molar-refractivity contribution >= 4 is 23.5 Å². The molecule has 4 rings (SSSR count). The lowest BCUT2D eigenvalue weighted by Crippen LogP contribution is -2.31. The zero-order chi connectivity index (χ0) is 15.1. The van der Waals surface area contributed by atoms with Crippen molar-refractivity contribution in [1.82, 2.24) is 20.2 Å².